The van der Waals surface area contributed by atoms with Gasteiger partial charge in [-0.3, -0.25) is 4.79 Å². The molecule has 17 heavy (non-hydrogen) atoms. The topological polar surface area (TPSA) is 26.3 Å². The van der Waals surface area contributed by atoms with Crippen LogP contribution in [0.3, 0.4) is 0 Å². The number of hydrogen-bond acceptors (Lipinski definition) is 2. The van der Waals surface area contributed by atoms with E-state index in [1.165, 1.54) is 0 Å². The van der Waals surface area contributed by atoms with Gasteiger partial charge in [-0.15, -0.1) is 13.2 Å². The van der Waals surface area contributed by atoms with Crippen LogP contribution >= 0.6 is 0 Å². The van der Waals surface area contributed by atoms with E-state index in [9.17, 15) is 35.5 Å². The number of carbonyl (C=O) groups excluding carboxylic acids is 1. The molecule has 9 heteroatoms. The third kappa shape index (κ3) is 2.86. The molecule has 0 unspecified atom stereocenters. The van der Waals surface area contributed by atoms with Crippen LogP contribution in [0.25, 0.3) is 0 Å². The van der Waals surface area contributed by atoms with E-state index in [0.717, 1.165) is 0 Å². The highest BCUT2D eigenvalue weighted by Crippen LogP contribution is 2.32. The number of alkyl halides is 3. The van der Waals surface area contributed by atoms with Crippen molar-refractivity contribution >= 4 is 6.04 Å². The minimum absolute atomic E-state index is 0.295. The lowest BCUT2D eigenvalue weighted by molar-refractivity contribution is -0.276. The van der Waals surface area contributed by atoms with E-state index >= 15 is 0 Å². The maximum Gasteiger partial charge on any atom is 0.573 e. The molecule has 0 amide bonds. The Morgan fingerprint density at radius 3 is 2.06 bits per heavy atom. The molecule has 0 aliphatic heterocycles. The van der Waals surface area contributed by atoms with Crippen LogP contribution in [0.1, 0.15) is 10.4 Å². The molecule has 0 saturated carbocycles. The molecule has 0 saturated heterocycles. The maximum atomic E-state index is 13.0. The highest BCUT2D eigenvalue weighted by molar-refractivity contribution is 5.89. The molecule has 0 aliphatic rings. The second kappa shape index (κ2) is 4.22. The molecule has 0 fully saturated rings. The summed E-state index contributed by atoms with van der Waals surface area (Å²) in [5.41, 5.74) is -1.95. The number of ether oxygens (including phenoxy) is 1. The van der Waals surface area contributed by atoms with Gasteiger partial charge in [-0.05, 0) is 0 Å². The van der Waals surface area contributed by atoms with Gasteiger partial charge in [0.2, 0.25) is 5.75 Å². The maximum absolute atomic E-state index is 13.0. The molecule has 0 aliphatic carbocycles. The Bertz CT molecular complexity index is 466. The fraction of sp³-hybridized carbons (Fsp3) is 0.125. The van der Waals surface area contributed by atoms with E-state index in [2.05, 4.69) is 4.74 Å². The third-order valence-corrected chi connectivity index (χ3v) is 1.54. The van der Waals surface area contributed by atoms with Crippen molar-refractivity contribution in [1.82, 2.24) is 0 Å². The van der Waals surface area contributed by atoms with Crippen LogP contribution in [0.5, 0.6) is 5.75 Å². The molecule has 0 heterocycles. The van der Waals surface area contributed by atoms with Crippen LogP contribution in [0, 0.1) is 17.5 Å². The van der Waals surface area contributed by atoms with Crippen molar-refractivity contribution in [3.8, 4) is 5.75 Å². The first-order valence-electron chi connectivity index (χ1n) is 3.76. The minimum Gasteiger partial charge on any atom is -0.399 e. The van der Waals surface area contributed by atoms with Gasteiger partial charge in [-0.1, -0.05) is 0 Å². The summed E-state index contributed by atoms with van der Waals surface area (Å²) in [6.45, 7) is 0. The summed E-state index contributed by atoms with van der Waals surface area (Å²) >= 11 is 0. The van der Waals surface area contributed by atoms with Crippen LogP contribution in [0.15, 0.2) is 6.07 Å². The standard InChI is InChI=1S/C8HF7O2/c9-2-1-3(10)6(17-8(13,14)15)5(11)4(2)7(12)16/h1H. The lowest BCUT2D eigenvalue weighted by Gasteiger charge is -2.11. The molecule has 0 aromatic heterocycles. The Hall–Kier alpha value is -1.80. The normalized spacial score (nSPS) is 11.5. The zero-order chi connectivity index (χ0) is 13.4. The van der Waals surface area contributed by atoms with Gasteiger partial charge in [-0.2, -0.15) is 4.39 Å². The van der Waals surface area contributed by atoms with Crippen molar-refractivity contribution in [3.05, 3.63) is 29.1 Å². The van der Waals surface area contributed by atoms with Crippen molar-refractivity contribution in [2.45, 2.75) is 6.36 Å². The fourth-order valence-electron chi connectivity index (χ4n) is 0.962. The number of rotatable bonds is 2. The Kier molecular flexibility index (Phi) is 3.30. The number of benzene rings is 1. The van der Waals surface area contributed by atoms with Crippen molar-refractivity contribution in [2.75, 3.05) is 0 Å². The van der Waals surface area contributed by atoms with E-state index in [1.807, 2.05) is 0 Å². The Labute approximate surface area is 88.6 Å². The lowest BCUT2D eigenvalue weighted by atomic mass is 10.2. The molecule has 1 rings (SSSR count). The molecule has 0 spiro atoms. The minimum atomic E-state index is -5.48. The summed E-state index contributed by atoms with van der Waals surface area (Å²) in [5.74, 6) is -8.52. The van der Waals surface area contributed by atoms with Gasteiger partial charge >= 0.3 is 12.4 Å². The quantitative estimate of drug-likeness (QED) is 0.604. The van der Waals surface area contributed by atoms with E-state index < -0.39 is 41.2 Å². The van der Waals surface area contributed by atoms with Gasteiger partial charge in [0, 0.05) is 6.07 Å². The SMILES string of the molecule is O=C(F)c1c(F)cc(F)c(OC(F)(F)F)c1F. The number of carbonyl (C=O) groups is 1. The molecule has 94 valence electrons. The zero-order valence-corrected chi connectivity index (χ0v) is 7.54. The second-order valence-corrected chi connectivity index (χ2v) is 2.68. The average Bonchev–Trinajstić information content (AvgIpc) is 2.09. The third-order valence-electron chi connectivity index (χ3n) is 1.54. The monoisotopic (exact) mass is 262 g/mol. The Balaban J connectivity index is 3.41. The molecule has 0 atom stereocenters. The first-order valence-corrected chi connectivity index (χ1v) is 3.76. The Morgan fingerprint density at radius 1 is 1.12 bits per heavy atom. The second-order valence-electron chi connectivity index (χ2n) is 2.68. The molecule has 2 nitrogen and oxygen atoms in total. The lowest BCUT2D eigenvalue weighted by Crippen LogP contribution is -2.20. The molecular weight excluding hydrogens is 261 g/mol. The van der Waals surface area contributed by atoms with Crippen LogP contribution in [0.4, 0.5) is 30.7 Å². The summed E-state index contributed by atoms with van der Waals surface area (Å²) in [6.07, 6.45) is -5.48. The van der Waals surface area contributed by atoms with E-state index in [4.69, 9.17) is 0 Å². The number of hydrogen-bond donors (Lipinski definition) is 0. The largest absolute Gasteiger partial charge is 0.573 e. The smallest absolute Gasteiger partial charge is 0.399 e. The van der Waals surface area contributed by atoms with Crippen molar-refractivity contribution in [3.63, 3.8) is 0 Å². The molecule has 1 aromatic carbocycles. The van der Waals surface area contributed by atoms with E-state index in [1.54, 1.807) is 0 Å². The van der Waals surface area contributed by atoms with Gasteiger partial charge in [0.1, 0.15) is 11.4 Å². The van der Waals surface area contributed by atoms with Crippen LogP contribution in [0.2, 0.25) is 0 Å². The van der Waals surface area contributed by atoms with Gasteiger partial charge < -0.3 is 4.74 Å². The van der Waals surface area contributed by atoms with E-state index in [-0.39, 0.29) is 6.07 Å². The van der Waals surface area contributed by atoms with Crippen LogP contribution < -0.4 is 4.74 Å². The highest BCUT2D eigenvalue weighted by Gasteiger charge is 2.36. The first-order chi connectivity index (χ1) is 7.63. The first kappa shape index (κ1) is 13.3. The average molecular weight is 262 g/mol. The van der Waals surface area contributed by atoms with Crippen molar-refractivity contribution < 1.29 is 40.3 Å². The predicted octanol–water partition coefficient (Wildman–Crippen LogP) is 3.11. The zero-order valence-electron chi connectivity index (χ0n) is 7.54. The summed E-state index contributed by atoms with van der Waals surface area (Å²) in [5, 5.41) is 0. The van der Waals surface area contributed by atoms with Gasteiger partial charge in [0.05, 0.1) is 0 Å². The van der Waals surface area contributed by atoms with Crippen LogP contribution in [-0.4, -0.2) is 12.4 Å². The van der Waals surface area contributed by atoms with Gasteiger partial charge in [-0.25, -0.2) is 13.2 Å². The van der Waals surface area contributed by atoms with Crippen molar-refractivity contribution in [1.29, 1.82) is 0 Å². The van der Waals surface area contributed by atoms with E-state index in [0.29, 0.717) is 0 Å². The van der Waals surface area contributed by atoms with Gasteiger partial charge in [0.25, 0.3) is 0 Å². The summed E-state index contributed by atoms with van der Waals surface area (Å²) in [7, 11) is 0. The summed E-state index contributed by atoms with van der Waals surface area (Å²) < 4.78 is 88.6. The summed E-state index contributed by atoms with van der Waals surface area (Å²) in [4.78, 5) is 10.1. The van der Waals surface area contributed by atoms with Crippen LogP contribution in [-0.2, 0) is 0 Å². The molecule has 0 N–H and O–H groups in total. The molecular formula is C8HF7O2. The number of halogens is 7. The molecule has 0 radical (unpaired) electrons. The van der Waals surface area contributed by atoms with Gasteiger partial charge in [0.15, 0.2) is 11.6 Å². The fourth-order valence-corrected chi connectivity index (χ4v) is 0.962. The predicted molar refractivity (Wildman–Crippen MR) is 38.4 cm³/mol. The highest BCUT2D eigenvalue weighted by atomic mass is 19.4. The molecule has 0 bridgehead atoms. The van der Waals surface area contributed by atoms with Crippen molar-refractivity contribution in [2.24, 2.45) is 0 Å². The molecule has 1 aromatic rings. The Morgan fingerprint density at radius 2 is 1.65 bits per heavy atom. The summed E-state index contributed by atoms with van der Waals surface area (Å²) in [6, 6.07) is -2.98.